The van der Waals surface area contributed by atoms with Gasteiger partial charge in [0.15, 0.2) is 0 Å². The molecule has 0 aliphatic carbocycles. The highest BCUT2D eigenvalue weighted by Gasteiger charge is 2.28. The van der Waals surface area contributed by atoms with Gasteiger partial charge in [-0.3, -0.25) is 9.47 Å². The molecule has 2 aromatic rings. The molecule has 0 radical (unpaired) electrons. The van der Waals surface area contributed by atoms with E-state index in [0.29, 0.717) is 12.1 Å². The van der Waals surface area contributed by atoms with E-state index in [9.17, 15) is 4.79 Å². The third kappa shape index (κ3) is 2.38. The van der Waals surface area contributed by atoms with Gasteiger partial charge in [0.25, 0.3) is 0 Å². The third-order valence-corrected chi connectivity index (χ3v) is 5.29. The Hall–Kier alpha value is -1.59. The molecular weight excluding hydrogens is 276 g/mol. The van der Waals surface area contributed by atoms with E-state index in [1.807, 2.05) is 10.6 Å². The lowest BCUT2D eigenvalue weighted by Crippen LogP contribution is -2.43. The summed E-state index contributed by atoms with van der Waals surface area (Å²) in [5.41, 5.74) is 3.26. The van der Waals surface area contributed by atoms with Crippen molar-refractivity contribution in [2.24, 2.45) is 0 Å². The van der Waals surface area contributed by atoms with Gasteiger partial charge in [0.1, 0.15) is 0 Å². The number of benzene rings is 1. The molecule has 1 aromatic carbocycles. The number of hydrogen-bond acceptors (Lipinski definition) is 3. The highest BCUT2D eigenvalue weighted by molar-refractivity contribution is 5.76. The minimum absolute atomic E-state index is 0.0431. The first kappa shape index (κ1) is 14.0. The Morgan fingerprint density at radius 2 is 1.95 bits per heavy atom. The van der Waals surface area contributed by atoms with E-state index in [0.717, 1.165) is 50.1 Å². The molecule has 2 aliphatic rings. The Kier molecular flexibility index (Phi) is 3.54. The average Bonchev–Trinajstić information content (AvgIpc) is 3.14. The summed E-state index contributed by atoms with van der Waals surface area (Å²) in [5, 5.41) is 3.45. The minimum Gasteiger partial charge on any atom is -0.315 e. The molecule has 5 nitrogen and oxygen atoms in total. The summed E-state index contributed by atoms with van der Waals surface area (Å²) < 4.78 is 1.99. The first-order chi connectivity index (χ1) is 10.7. The molecular formula is C17H24N4O. The maximum Gasteiger partial charge on any atom is 0.326 e. The summed E-state index contributed by atoms with van der Waals surface area (Å²) in [6.45, 7) is 6.55. The standard InChI is InChI=1S/C17H24N4O/c1-12-2-3-15-16(10-12)21(17(22)19-15)13-5-8-20(9-6-13)14-4-7-18-11-14/h2-3,10,13-14,18H,4-9,11H2,1H3,(H,19,22)/t14-/m1/s1. The largest absolute Gasteiger partial charge is 0.326 e. The van der Waals surface area contributed by atoms with Crippen LogP contribution in [-0.2, 0) is 0 Å². The van der Waals surface area contributed by atoms with Crippen LogP contribution in [0, 0.1) is 6.92 Å². The zero-order valence-electron chi connectivity index (χ0n) is 13.1. The average molecular weight is 300 g/mol. The number of rotatable bonds is 2. The summed E-state index contributed by atoms with van der Waals surface area (Å²) in [5.74, 6) is 0. The topological polar surface area (TPSA) is 53.1 Å². The lowest BCUT2D eigenvalue weighted by atomic mass is 10.0. The molecule has 2 fully saturated rings. The van der Waals surface area contributed by atoms with Crippen LogP contribution in [0.1, 0.15) is 30.9 Å². The molecule has 2 N–H and O–H groups in total. The maximum atomic E-state index is 12.4. The van der Waals surface area contributed by atoms with Gasteiger partial charge in [-0.1, -0.05) is 6.07 Å². The molecule has 0 unspecified atom stereocenters. The Morgan fingerprint density at radius 3 is 2.68 bits per heavy atom. The molecule has 5 heteroatoms. The van der Waals surface area contributed by atoms with Gasteiger partial charge in [0, 0.05) is 31.7 Å². The molecule has 0 amide bonds. The van der Waals surface area contributed by atoms with Crippen LogP contribution < -0.4 is 11.0 Å². The van der Waals surface area contributed by atoms with E-state index >= 15 is 0 Å². The van der Waals surface area contributed by atoms with Gasteiger partial charge in [0.2, 0.25) is 0 Å². The number of aromatic nitrogens is 2. The molecule has 0 bridgehead atoms. The van der Waals surface area contributed by atoms with Gasteiger partial charge in [-0.05, 0) is 50.4 Å². The van der Waals surface area contributed by atoms with Crippen molar-refractivity contribution >= 4 is 11.0 Å². The summed E-state index contributed by atoms with van der Waals surface area (Å²) >= 11 is 0. The van der Waals surface area contributed by atoms with Crippen LogP contribution >= 0.6 is 0 Å². The first-order valence-electron chi connectivity index (χ1n) is 8.38. The molecule has 2 saturated heterocycles. The normalized spacial score (nSPS) is 24.3. The number of piperidine rings is 1. The summed E-state index contributed by atoms with van der Waals surface area (Å²) in [7, 11) is 0. The van der Waals surface area contributed by atoms with Crippen molar-refractivity contribution in [1.82, 2.24) is 19.8 Å². The van der Waals surface area contributed by atoms with Crippen LogP contribution in [0.2, 0.25) is 0 Å². The van der Waals surface area contributed by atoms with E-state index in [2.05, 4.69) is 34.3 Å². The second-order valence-electron chi connectivity index (χ2n) is 6.73. The van der Waals surface area contributed by atoms with E-state index in [-0.39, 0.29) is 5.69 Å². The predicted molar refractivity (Wildman–Crippen MR) is 88.4 cm³/mol. The number of aromatic amines is 1. The Labute approximate surface area is 130 Å². The van der Waals surface area contributed by atoms with Gasteiger partial charge >= 0.3 is 5.69 Å². The monoisotopic (exact) mass is 300 g/mol. The van der Waals surface area contributed by atoms with E-state index in [4.69, 9.17) is 0 Å². The van der Waals surface area contributed by atoms with Gasteiger partial charge in [-0.25, -0.2) is 4.79 Å². The first-order valence-corrected chi connectivity index (χ1v) is 8.38. The fraction of sp³-hybridized carbons (Fsp3) is 0.588. The highest BCUT2D eigenvalue weighted by atomic mass is 16.1. The van der Waals surface area contributed by atoms with Crippen LogP contribution in [0.15, 0.2) is 23.0 Å². The molecule has 118 valence electrons. The Balaban J connectivity index is 1.57. The van der Waals surface area contributed by atoms with Crippen LogP contribution in [0.5, 0.6) is 0 Å². The fourth-order valence-corrected chi connectivity index (χ4v) is 4.05. The minimum atomic E-state index is 0.0431. The number of aryl methyl sites for hydroxylation is 1. The Morgan fingerprint density at radius 1 is 1.14 bits per heavy atom. The molecule has 3 heterocycles. The van der Waals surface area contributed by atoms with E-state index in [1.165, 1.54) is 12.0 Å². The molecule has 4 rings (SSSR count). The maximum absolute atomic E-state index is 12.4. The number of H-pyrrole nitrogens is 1. The summed E-state index contributed by atoms with van der Waals surface area (Å²) in [6.07, 6.45) is 3.39. The number of imidazole rings is 1. The van der Waals surface area contributed by atoms with Gasteiger partial charge in [0.05, 0.1) is 11.0 Å². The zero-order valence-corrected chi connectivity index (χ0v) is 13.1. The van der Waals surface area contributed by atoms with Crippen molar-refractivity contribution in [3.05, 3.63) is 34.2 Å². The van der Waals surface area contributed by atoms with E-state index < -0.39 is 0 Å². The SMILES string of the molecule is Cc1ccc2[nH]c(=O)n(C3CCN([C@@H]4CCNC4)CC3)c2c1. The van der Waals surface area contributed by atoms with Crippen LogP contribution in [0.25, 0.3) is 11.0 Å². The third-order valence-electron chi connectivity index (χ3n) is 5.29. The number of fused-ring (bicyclic) bond motifs is 1. The molecule has 1 atom stereocenters. The zero-order chi connectivity index (χ0) is 15.1. The predicted octanol–water partition coefficient (Wildman–Crippen LogP) is 1.64. The number of nitrogens with one attached hydrogen (secondary N) is 2. The van der Waals surface area contributed by atoms with Crippen molar-refractivity contribution in [3.63, 3.8) is 0 Å². The summed E-state index contributed by atoms with van der Waals surface area (Å²) in [6, 6.07) is 7.22. The van der Waals surface area contributed by atoms with Crippen LogP contribution in [-0.4, -0.2) is 46.7 Å². The van der Waals surface area contributed by atoms with Crippen molar-refractivity contribution < 1.29 is 0 Å². The summed E-state index contributed by atoms with van der Waals surface area (Å²) in [4.78, 5) is 18.0. The number of hydrogen-bond donors (Lipinski definition) is 2. The van der Waals surface area contributed by atoms with Crippen molar-refractivity contribution in [2.75, 3.05) is 26.2 Å². The Bertz CT molecular complexity index is 718. The molecule has 0 spiro atoms. The molecule has 0 saturated carbocycles. The fourth-order valence-electron chi connectivity index (χ4n) is 4.05. The highest BCUT2D eigenvalue weighted by Crippen LogP contribution is 2.27. The second-order valence-corrected chi connectivity index (χ2v) is 6.73. The van der Waals surface area contributed by atoms with Crippen LogP contribution in [0.4, 0.5) is 0 Å². The smallest absolute Gasteiger partial charge is 0.315 e. The molecule has 1 aromatic heterocycles. The van der Waals surface area contributed by atoms with Gasteiger partial charge in [-0.2, -0.15) is 0 Å². The number of nitrogens with zero attached hydrogens (tertiary/aromatic N) is 2. The lowest BCUT2D eigenvalue weighted by Gasteiger charge is -2.36. The van der Waals surface area contributed by atoms with Crippen molar-refractivity contribution in [1.29, 1.82) is 0 Å². The molecule has 2 aliphatic heterocycles. The lowest BCUT2D eigenvalue weighted by molar-refractivity contribution is 0.143. The van der Waals surface area contributed by atoms with Crippen molar-refractivity contribution in [2.45, 2.75) is 38.3 Å². The van der Waals surface area contributed by atoms with E-state index in [1.54, 1.807) is 0 Å². The van der Waals surface area contributed by atoms with Crippen molar-refractivity contribution in [3.8, 4) is 0 Å². The van der Waals surface area contributed by atoms with Gasteiger partial charge in [-0.15, -0.1) is 0 Å². The quantitative estimate of drug-likeness (QED) is 0.886. The second kappa shape index (κ2) is 5.56. The number of likely N-dealkylation sites (tertiary alicyclic amines) is 1. The molecule has 22 heavy (non-hydrogen) atoms. The van der Waals surface area contributed by atoms with Crippen LogP contribution in [0.3, 0.4) is 0 Å². The van der Waals surface area contributed by atoms with Gasteiger partial charge < -0.3 is 10.3 Å².